The first kappa shape index (κ1) is 12.9. The number of alkyl halides is 3. The van der Waals surface area contributed by atoms with E-state index in [0.29, 0.717) is 12.8 Å². The van der Waals surface area contributed by atoms with Gasteiger partial charge >= 0.3 is 6.18 Å². The Balaban J connectivity index is 1.94. The molecule has 7 heteroatoms. The number of H-pyrrole nitrogens is 1. The van der Waals surface area contributed by atoms with Crippen LogP contribution in [0.1, 0.15) is 25.7 Å². The summed E-state index contributed by atoms with van der Waals surface area (Å²) in [5.74, 6) is -2.07. The molecular formula is C11H14F3N3O. The van der Waals surface area contributed by atoms with Crippen LogP contribution in [0.25, 0.3) is 0 Å². The molecule has 1 heterocycles. The van der Waals surface area contributed by atoms with Gasteiger partial charge in [-0.1, -0.05) is 6.42 Å². The summed E-state index contributed by atoms with van der Waals surface area (Å²) in [5.41, 5.74) is 0. The van der Waals surface area contributed by atoms with Gasteiger partial charge in [0.1, 0.15) is 0 Å². The van der Waals surface area contributed by atoms with E-state index in [2.05, 4.69) is 15.3 Å². The van der Waals surface area contributed by atoms with E-state index in [1.807, 2.05) is 0 Å². The zero-order valence-corrected chi connectivity index (χ0v) is 9.63. The van der Waals surface area contributed by atoms with Gasteiger partial charge in [0.15, 0.2) is 0 Å². The molecule has 2 atom stereocenters. The van der Waals surface area contributed by atoms with E-state index in [-0.39, 0.29) is 24.7 Å². The molecule has 1 aliphatic carbocycles. The van der Waals surface area contributed by atoms with E-state index in [1.165, 1.54) is 12.4 Å². The highest BCUT2D eigenvalue weighted by Crippen LogP contribution is 2.40. The highest BCUT2D eigenvalue weighted by Gasteiger charge is 2.43. The maximum atomic E-state index is 12.6. The third kappa shape index (κ3) is 3.02. The average molecular weight is 261 g/mol. The van der Waals surface area contributed by atoms with Gasteiger partial charge < -0.3 is 4.98 Å². The molecule has 0 radical (unpaired) electrons. The fourth-order valence-corrected chi connectivity index (χ4v) is 2.28. The van der Waals surface area contributed by atoms with Crippen LogP contribution in [0, 0.1) is 11.8 Å². The number of carbonyl (C=O) groups excluding carboxylic acids is 1. The summed E-state index contributed by atoms with van der Waals surface area (Å²) < 4.78 is 37.8. The van der Waals surface area contributed by atoms with Gasteiger partial charge in [-0.15, -0.1) is 0 Å². The lowest BCUT2D eigenvalue weighted by molar-refractivity contribution is -0.185. The maximum Gasteiger partial charge on any atom is 0.391 e. The van der Waals surface area contributed by atoms with Gasteiger partial charge in [-0.05, 0) is 19.3 Å². The van der Waals surface area contributed by atoms with Gasteiger partial charge in [-0.2, -0.15) is 13.2 Å². The number of anilines is 1. The van der Waals surface area contributed by atoms with Gasteiger partial charge in [-0.3, -0.25) is 10.1 Å². The maximum absolute atomic E-state index is 12.6. The van der Waals surface area contributed by atoms with E-state index in [1.54, 1.807) is 0 Å². The summed E-state index contributed by atoms with van der Waals surface area (Å²) in [6, 6.07) is 0. The number of aromatic nitrogens is 2. The number of nitrogens with one attached hydrogen (secondary N) is 2. The van der Waals surface area contributed by atoms with Gasteiger partial charge in [0.25, 0.3) is 0 Å². The summed E-state index contributed by atoms with van der Waals surface area (Å²) in [7, 11) is 0. The molecule has 1 amide bonds. The molecular weight excluding hydrogens is 247 g/mol. The molecule has 0 spiro atoms. The zero-order chi connectivity index (χ0) is 13.2. The van der Waals surface area contributed by atoms with E-state index in [4.69, 9.17) is 0 Å². The van der Waals surface area contributed by atoms with Crippen LogP contribution in [0.2, 0.25) is 0 Å². The minimum atomic E-state index is -4.20. The number of hydrogen-bond donors (Lipinski definition) is 2. The van der Waals surface area contributed by atoms with Crippen LogP contribution in [-0.2, 0) is 4.79 Å². The van der Waals surface area contributed by atoms with Gasteiger partial charge in [0.2, 0.25) is 11.9 Å². The normalized spacial score (nSPS) is 24.8. The second-order valence-corrected chi connectivity index (χ2v) is 4.53. The van der Waals surface area contributed by atoms with Crippen LogP contribution in [-0.4, -0.2) is 22.1 Å². The Kier molecular flexibility index (Phi) is 3.58. The van der Waals surface area contributed by atoms with Crippen LogP contribution < -0.4 is 5.32 Å². The summed E-state index contributed by atoms with van der Waals surface area (Å²) in [6.07, 6.45) is -0.281. The Labute approximate surface area is 102 Å². The van der Waals surface area contributed by atoms with Crippen molar-refractivity contribution in [1.29, 1.82) is 0 Å². The second kappa shape index (κ2) is 4.99. The Morgan fingerprint density at radius 3 is 2.83 bits per heavy atom. The number of hydrogen-bond acceptors (Lipinski definition) is 2. The molecule has 0 aliphatic heterocycles. The van der Waals surface area contributed by atoms with Crippen LogP contribution in [0.5, 0.6) is 0 Å². The fraction of sp³-hybridized carbons (Fsp3) is 0.636. The standard InChI is InChI=1S/C11H14F3N3O/c12-11(13,14)8-3-1-2-7(6-8)9(18)17-10-15-4-5-16-10/h4-5,7-8H,1-3,6H2,(H2,15,16,17,18). The van der Waals surface area contributed by atoms with Crippen molar-refractivity contribution in [3.63, 3.8) is 0 Å². The molecule has 18 heavy (non-hydrogen) atoms. The third-order valence-electron chi connectivity index (χ3n) is 3.25. The molecule has 1 saturated carbocycles. The van der Waals surface area contributed by atoms with Crippen molar-refractivity contribution in [3.8, 4) is 0 Å². The monoisotopic (exact) mass is 261 g/mol. The summed E-state index contributed by atoms with van der Waals surface area (Å²) in [4.78, 5) is 18.3. The molecule has 2 unspecified atom stereocenters. The van der Waals surface area contributed by atoms with Gasteiger partial charge in [-0.25, -0.2) is 4.98 Å². The van der Waals surface area contributed by atoms with Crippen LogP contribution in [0.15, 0.2) is 12.4 Å². The van der Waals surface area contributed by atoms with Crippen LogP contribution in [0.3, 0.4) is 0 Å². The smallest absolute Gasteiger partial charge is 0.331 e. The molecule has 1 aliphatic rings. The molecule has 1 fully saturated rings. The number of imidazole rings is 1. The minimum Gasteiger partial charge on any atom is -0.331 e. The quantitative estimate of drug-likeness (QED) is 0.860. The highest BCUT2D eigenvalue weighted by atomic mass is 19.4. The Morgan fingerprint density at radius 1 is 1.44 bits per heavy atom. The molecule has 4 nitrogen and oxygen atoms in total. The second-order valence-electron chi connectivity index (χ2n) is 4.53. The van der Waals surface area contributed by atoms with Crippen molar-refractivity contribution in [3.05, 3.63) is 12.4 Å². The predicted octanol–water partition coefficient (Wildman–Crippen LogP) is 2.72. The average Bonchev–Trinajstić information content (AvgIpc) is 2.81. The van der Waals surface area contributed by atoms with E-state index in [9.17, 15) is 18.0 Å². The van der Waals surface area contributed by atoms with E-state index >= 15 is 0 Å². The van der Waals surface area contributed by atoms with Gasteiger partial charge in [0, 0.05) is 18.3 Å². The Hall–Kier alpha value is -1.53. The Morgan fingerprint density at radius 2 is 2.22 bits per heavy atom. The van der Waals surface area contributed by atoms with Crippen LogP contribution >= 0.6 is 0 Å². The summed E-state index contributed by atoms with van der Waals surface area (Å²) in [5, 5.41) is 2.49. The molecule has 100 valence electrons. The molecule has 2 N–H and O–H groups in total. The Bertz CT molecular complexity index is 402. The van der Waals surface area contributed by atoms with E-state index in [0.717, 1.165) is 0 Å². The van der Waals surface area contributed by atoms with Crippen molar-refractivity contribution in [1.82, 2.24) is 9.97 Å². The van der Waals surface area contributed by atoms with Crippen molar-refractivity contribution in [2.24, 2.45) is 11.8 Å². The number of rotatable bonds is 2. The highest BCUT2D eigenvalue weighted by molar-refractivity contribution is 5.90. The van der Waals surface area contributed by atoms with Crippen molar-refractivity contribution < 1.29 is 18.0 Å². The lowest BCUT2D eigenvalue weighted by Crippen LogP contribution is -2.34. The lowest BCUT2D eigenvalue weighted by atomic mass is 9.80. The largest absolute Gasteiger partial charge is 0.391 e. The lowest BCUT2D eigenvalue weighted by Gasteiger charge is -2.29. The molecule has 0 saturated heterocycles. The topological polar surface area (TPSA) is 57.8 Å². The number of amides is 1. The van der Waals surface area contributed by atoms with Crippen molar-refractivity contribution >= 4 is 11.9 Å². The molecule has 1 aromatic heterocycles. The van der Waals surface area contributed by atoms with E-state index < -0.39 is 18.0 Å². The fourth-order valence-electron chi connectivity index (χ4n) is 2.28. The molecule has 0 aromatic carbocycles. The first-order valence-electron chi connectivity index (χ1n) is 5.84. The van der Waals surface area contributed by atoms with Crippen molar-refractivity contribution in [2.45, 2.75) is 31.9 Å². The van der Waals surface area contributed by atoms with Crippen molar-refractivity contribution in [2.75, 3.05) is 5.32 Å². The molecule has 2 rings (SSSR count). The van der Waals surface area contributed by atoms with Gasteiger partial charge in [0.05, 0.1) is 5.92 Å². The number of aromatic amines is 1. The number of halogens is 3. The first-order chi connectivity index (χ1) is 8.47. The summed E-state index contributed by atoms with van der Waals surface area (Å²) in [6.45, 7) is 0. The number of nitrogens with zero attached hydrogens (tertiary/aromatic N) is 1. The third-order valence-corrected chi connectivity index (χ3v) is 3.25. The zero-order valence-electron chi connectivity index (χ0n) is 9.63. The molecule has 0 bridgehead atoms. The predicted molar refractivity (Wildman–Crippen MR) is 58.7 cm³/mol. The van der Waals surface area contributed by atoms with Crippen LogP contribution in [0.4, 0.5) is 19.1 Å². The first-order valence-corrected chi connectivity index (χ1v) is 5.84. The summed E-state index contributed by atoms with van der Waals surface area (Å²) >= 11 is 0. The SMILES string of the molecule is O=C(Nc1ncc[nH]1)C1CCCC(C(F)(F)F)C1. The minimum absolute atomic E-state index is 0.119. The molecule has 1 aromatic rings. The number of carbonyl (C=O) groups is 1.